The number of Topliss-reactive ketones (excluding diaryl/α,β-unsaturated/α-hetero) is 1. The number of aromatic nitrogens is 1. The van der Waals surface area contributed by atoms with Crippen LogP contribution >= 0.6 is 0 Å². The van der Waals surface area contributed by atoms with E-state index in [1.54, 1.807) is 18.3 Å². The van der Waals surface area contributed by atoms with Crippen LogP contribution in [0.1, 0.15) is 47.9 Å². The lowest BCUT2D eigenvalue weighted by atomic mass is 9.88. The Labute approximate surface area is 111 Å². The standard InChI is InChI=1S/C15H17NO3/c1-15(2,3)7-13(17)11-8-16-12-5-4-9(14(18)19)6-10(11)12/h4-6,8,16H,7H2,1-3H3,(H,18,19). The summed E-state index contributed by atoms with van der Waals surface area (Å²) in [6.45, 7) is 6.01. The van der Waals surface area contributed by atoms with E-state index in [-0.39, 0.29) is 16.8 Å². The third-order valence-corrected chi connectivity index (χ3v) is 2.92. The molecule has 0 aliphatic heterocycles. The molecule has 0 unspecified atom stereocenters. The summed E-state index contributed by atoms with van der Waals surface area (Å²) in [5.74, 6) is -0.960. The molecule has 0 radical (unpaired) electrons. The molecule has 0 aliphatic rings. The molecule has 2 N–H and O–H groups in total. The first-order chi connectivity index (χ1) is 8.78. The van der Waals surface area contributed by atoms with Crippen LogP contribution in [0, 0.1) is 5.41 Å². The van der Waals surface area contributed by atoms with E-state index in [2.05, 4.69) is 4.98 Å². The molecule has 19 heavy (non-hydrogen) atoms. The van der Waals surface area contributed by atoms with Gasteiger partial charge in [-0.25, -0.2) is 4.79 Å². The molecule has 0 saturated heterocycles. The molecule has 0 bridgehead atoms. The number of ketones is 1. The number of carboxylic acid groups (broad SMARTS) is 1. The Hall–Kier alpha value is -2.10. The van der Waals surface area contributed by atoms with E-state index in [0.29, 0.717) is 17.4 Å². The number of fused-ring (bicyclic) bond motifs is 1. The molecule has 0 atom stereocenters. The number of carbonyl (C=O) groups is 2. The van der Waals surface area contributed by atoms with Crippen molar-refractivity contribution in [3.05, 3.63) is 35.5 Å². The van der Waals surface area contributed by atoms with Crippen LogP contribution in [-0.4, -0.2) is 21.8 Å². The summed E-state index contributed by atoms with van der Waals surface area (Å²) in [6, 6.07) is 4.76. The molecule has 2 aromatic rings. The maximum atomic E-state index is 12.2. The Morgan fingerprint density at radius 1 is 1.26 bits per heavy atom. The van der Waals surface area contributed by atoms with E-state index in [0.717, 1.165) is 5.52 Å². The summed E-state index contributed by atoms with van der Waals surface area (Å²) >= 11 is 0. The van der Waals surface area contributed by atoms with E-state index in [1.165, 1.54) is 6.07 Å². The molecule has 0 spiro atoms. The van der Waals surface area contributed by atoms with Crippen LogP contribution in [-0.2, 0) is 0 Å². The second-order valence-corrected chi connectivity index (χ2v) is 5.93. The van der Waals surface area contributed by atoms with Gasteiger partial charge in [0, 0.05) is 29.1 Å². The summed E-state index contributed by atoms with van der Waals surface area (Å²) in [5.41, 5.74) is 1.44. The Kier molecular flexibility index (Phi) is 3.18. The van der Waals surface area contributed by atoms with Crippen LogP contribution in [0.2, 0.25) is 0 Å². The summed E-state index contributed by atoms with van der Waals surface area (Å²) in [7, 11) is 0. The fourth-order valence-electron chi connectivity index (χ4n) is 2.06. The third-order valence-electron chi connectivity index (χ3n) is 2.92. The molecule has 1 heterocycles. The number of hydrogen-bond donors (Lipinski definition) is 2. The number of carboxylic acids is 1. The summed E-state index contributed by atoms with van der Waals surface area (Å²) in [4.78, 5) is 26.2. The molecule has 0 amide bonds. The van der Waals surface area contributed by atoms with Gasteiger partial charge in [0.25, 0.3) is 0 Å². The van der Waals surface area contributed by atoms with Crippen LogP contribution in [0.15, 0.2) is 24.4 Å². The summed E-state index contributed by atoms with van der Waals surface area (Å²) in [6.07, 6.45) is 2.08. The van der Waals surface area contributed by atoms with Crippen molar-refractivity contribution in [2.45, 2.75) is 27.2 Å². The highest BCUT2D eigenvalue weighted by molar-refractivity contribution is 6.09. The first kappa shape index (κ1) is 13.3. The average Bonchev–Trinajstić information content (AvgIpc) is 2.68. The number of rotatable bonds is 3. The van der Waals surface area contributed by atoms with Gasteiger partial charge in [-0.3, -0.25) is 4.79 Å². The van der Waals surface area contributed by atoms with Crippen molar-refractivity contribution in [2.24, 2.45) is 5.41 Å². The van der Waals surface area contributed by atoms with E-state index in [1.807, 2.05) is 20.8 Å². The average molecular weight is 259 g/mol. The predicted octanol–water partition coefficient (Wildman–Crippen LogP) is 3.49. The van der Waals surface area contributed by atoms with Crippen LogP contribution in [0.25, 0.3) is 10.9 Å². The van der Waals surface area contributed by atoms with Gasteiger partial charge >= 0.3 is 5.97 Å². The van der Waals surface area contributed by atoms with Crippen molar-refractivity contribution in [3.8, 4) is 0 Å². The number of benzene rings is 1. The van der Waals surface area contributed by atoms with Gasteiger partial charge in [-0.2, -0.15) is 0 Å². The molecule has 4 heteroatoms. The van der Waals surface area contributed by atoms with Crippen molar-refractivity contribution in [3.63, 3.8) is 0 Å². The van der Waals surface area contributed by atoms with Gasteiger partial charge < -0.3 is 10.1 Å². The van der Waals surface area contributed by atoms with Gasteiger partial charge in [0.15, 0.2) is 5.78 Å². The summed E-state index contributed by atoms with van der Waals surface area (Å²) in [5, 5.41) is 9.68. The minimum absolute atomic E-state index is 0.0290. The maximum absolute atomic E-state index is 12.2. The van der Waals surface area contributed by atoms with Gasteiger partial charge in [-0.15, -0.1) is 0 Å². The van der Waals surface area contributed by atoms with Gasteiger partial charge in [0.05, 0.1) is 5.56 Å². The molecule has 1 aromatic carbocycles. The normalized spacial score (nSPS) is 11.7. The van der Waals surface area contributed by atoms with E-state index >= 15 is 0 Å². The monoisotopic (exact) mass is 259 g/mol. The minimum atomic E-state index is -0.989. The second kappa shape index (κ2) is 4.53. The molecular formula is C15H17NO3. The zero-order chi connectivity index (χ0) is 14.2. The smallest absolute Gasteiger partial charge is 0.335 e. The van der Waals surface area contributed by atoms with Gasteiger partial charge in [0.2, 0.25) is 0 Å². The number of carbonyl (C=O) groups excluding carboxylic acids is 1. The maximum Gasteiger partial charge on any atom is 0.335 e. The zero-order valence-corrected chi connectivity index (χ0v) is 11.3. The zero-order valence-electron chi connectivity index (χ0n) is 11.3. The lowest BCUT2D eigenvalue weighted by Crippen LogP contribution is -2.12. The molecule has 2 rings (SSSR count). The van der Waals surface area contributed by atoms with Gasteiger partial charge in [0.1, 0.15) is 0 Å². The number of nitrogens with one attached hydrogen (secondary N) is 1. The summed E-state index contributed by atoms with van der Waals surface area (Å²) < 4.78 is 0. The van der Waals surface area contributed by atoms with Crippen molar-refractivity contribution >= 4 is 22.7 Å². The molecule has 100 valence electrons. The fourth-order valence-corrected chi connectivity index (χ4v) is 2.06. The quantitative estimate of drug-likeness (QED) is 0.829. The lowest BCUT2D eigenvalue weighted by molar-refractivity contribution is 0.0696. The number of H-pyrrole nitrogens is 1. The van der Waals surface area contributed by atoms with E-state index in [4.69, 9.17) is 5.11 Å². The van der Waals surface area contributed by atoms with Crippen LogP contribution in [0.4, 0.5) is 0 Å². The van der Waals surface area contributed by atoms with Crippen LogP contribution in [0.3, 0.4) is 0 Å². The van der Waals surface area contributed by atoms with Crippen LogP contribution < -0.4 is 0 Å². The van der Waals surface area contributed by atoms with Crippen molar-refractivity contribution in [1.29, 1.82) is 0 Å². The Bertz CT molecular complexity index is 647. The third kappa shape index (κ3) is 2.84. The lowest BCUT2D eigenvalue weighted by Gasteiger charge is -2.16. The Morgan fingerprint density at radius 3 is 2.53 bits per heavy atom. The minimum Gasteiger partial charge on any atom is -0.478 e. The SMILES string of the molecule is CC(C)(C)CC(=O)c1c[nH]c2ccc(C(=O)O)cc12. The van der Waals surface area contributed by atoms with Gasteiger partial charge in [-0.1, -0.05) is 20.8 Å². The van der Waals surface area contributed by atoms with Crippen LogP contribution in [0.5, 0.6) is 0 Å². The number of aromatic amines is 1. The van der Waals surface area contributed by atoms with E-state index in [9.17, 15) is 9.59 Å². The largest absolute Gasteiger partial charge is 0.478 e. The Morgan fingerprint density at radius 2 is 1.95 bits per heavy atom. The van der Waals surface area contributed by atoms with Crippen molar-refractivity contribution in [1.82, 2.24) is 4.98 Å². The molecule has 0 fully saturated rings. The van der Waals surface area contributed by atoms with E-state index < -0.39 is 5.97 Å². The topological polar surface area (TPSA) is 70.2 Å². The first-order valence-corrected chi connectivity index (χ1v) is 6.15. The van der Waals surface area contributed by atoms with Crippen molar-refractivity contribution in [2.75, 3.05) is 0 Å². The highest BCUT2D eigenvalue weighted by Gasteiger charge is 2.20. The molecule has 1 aromatic heterocycles. The molecule has 0 saturated carbocycles. The number of aromatic carboxylic acids is 1. The highest BCUT2D eigenvalue weighted by Crippen LogP contribution is 2.26. The Balaban J connectivity index is 2.46. The highest BCUT2D eigenvalue weighted by atomic mass is 16.4. The molecule has 4 nitrogen and oxygen atoms in total. The number of hydrogen-bond acceptors (Lipinski definition) is 2. The van der Waals surface area contributed by atoms with Crippen molar-refractivity contribution < 1.29 is 14.7 Å². The first-order valence-electron chi connectivity index (χ1n) is 6.15. The second-order valence-electron chi connectivity index (χ2n) is 5.93. The molecular weight excluding hydrogens is 242 g/mol. The van der Waals surface area contributed by atoms with Gasteiger partial charge in [-0.05, 0) is 23.6 Å². The predicted molar refractivity (Wildman–Crippen MR) is 73.7 cm³/mol. The fraction of sp³-hybridized carbons (Fsp3) is 0.333. The molecule has 0 aliphatic carbocycles.